The van der Waals surface area contributed by atoms with Crippen LogP contribution in [0.25, 0.3) is 0 Å². The summed E-state index contributed by atoms with van der Waals surface area (Å²) in [5.74, 6) is 0. The minimum Gasteiger partial charge on any atom is -0.225 e. The van der Waals surface area contributed by atoms with Crippen LogP contribution in [-0.2, 0) is 10.0 Å². The maximum atomic E-state index is 11.0. The third-order valence-corrected chi connectivity index (χ3v) is 4.35. The number of nitrogens with two attached hydrogens (primary N) is 1. The monoisotopic (exact) mass is 347 g/mol. The molecule has 1 rings (SSSR count). The Balaban J connectivity index is 3.50. The van der Waals surface area contributed by atoms with Gasteiger partial charge in [-0.2, -0.15) is 0 Å². The van der Waals surface area contributed by atoms with E-state index in [0.717, 1.165) is 0 Å². The first-order valence-electron chi connectivity index (χ1n) is 2.99. The van der Waals surface area contributed by atoms with Gasteiger partial charge in [-0.1, -0.05) is 11.6 Å². The topological polar surface area (TPSA) is 60.2 Å². The van der Waals surface area contributed by atoms with Crippen molar-refractivity contribution in [2.75, 3.05) is 0 Å². The number of primary sulfonamides is 1. The molecule has 0 amide bonds. The SMILES string of the molecule is NS(=O)(=O)c1cc(Cl)c(Br)cc1Br. The number of sulfonamides is 1. The Bertz CT molecular complexity index is 446. The molecule has 0 aliphatic carbocycles. The molecule has 1 aromatic rings. The standard InChI is InChI=1S/C6H4Br2ClNO2S/c7-3-1-4(8)6(2-5(3)9)13(10,11)12/h1-2H,(H2,10,11,12). The summed E-state index contributed by atoms with van der Waals surface area (Å²) in [6, 6.07) is 2.81. The molecule has 0 bridgehead atoms. The van der Waals surface area contributed by atoms with Gasteiger partial charge in [-0.15, -0.1) is 0 Å². The summed E-state index contributed by atoms with van der Waals surface area (Å²) in [6.07, 6.45) is 0. The lowest BCUT2D eigenvalue weighted by Gasteiger charge is -2.03. The van der Waals surface area contributed by atoms with E-state index in [4.69, 9.17) is 16.7 Å². The van der Waals surface area contributed by atoms with E-state index in [0.29, 0.717) is 14.0 Å². The minimum absolute atomic E-state index is 0.0271. The van der Waals surface area contributed by atoms with Gasteiger partial charge in [-0.3, -0.25) is 0 Å². The molecule has 0 spiro atoms. The average Bonchev–Trinajstić information content (AvgIpc) is 1.94. The van der Waals surface area contributed by atoms with Crippen molar-refractivity contribution in [1.29, 1.82) is 0 Å². The molecule has 0 heterocycles. The molecule has 0 aliphatic rings. The van der Waals surface area contributed by atoms with Crippen molar-refractivity contribution in [3.8, 4) is 0 Å². The Hall–Kier alpha value is 0.380. The summed E-state index contributed by atoms with van der Waals surface area (Å²) in [6.45, 7) is 0. The second-order valence-corrected chi connectivity index (χ2v) is 5.89. The predicted octanol–water partition coefficient (Wildman–Crippen LogP) is 2.51. The first-order valence-corrected chi connectivity index (χ1v) is 6.51. The summed E-state index contributed by atoms with van der Waals surface area (Å²) in [5.41, 5.74) is 0. The molecule has 7 heteroatoms. The van der Waals surface area contributed by atoms with Gasteiger partial charge in [0.25, 0.3) is 0 Å². The second kappa shape index (κ2) is 3.86. The molecule has 1 aromatic carbocycles. The number of halogens is 3. The van der Waals surface area contributed by atoms with Crippen molar-refractivity contribution in [2.24, 2.45) is 5.14 Å². The number of benzene rings is 1. The van der Waals surface area contributed by atoms with Crippen molar-refractivity contribution in [3.63, 3.8) is 0 Å². The molecular weight excluding hydrogens is 345 g/mol. The van der Waals surface area contributed by atoms with Crippen LogP contribution in [0.3, 0.4) is 0 Å². The first kappa shape index (κ1) is 11.5. The third kappa shape index (κ3) is 2.66. The lowest BCUT2D eigenvalue weighted by molar-refractivity contribution is 0.597. The van der Waals surface area contributed by atoms with Crippen LogP contribution in [-0.4, -0.2) is 8.42 Å². The number of rotatable bonds is 1. The maximum Gasteiger partial charge on any atom is 0.239 e. The fourth-order valence-corrected chi connectivity index (χ4v) is 3.23. The second-order valence-electron chi connectivity index (χ2n) is 2.24. The van der Waals surface area contributed by atoms with Crippen LogP contribution in [0.2, 0.25) is 5.02 Å². The van der Waals surface area contributed by atoms with Gasteiger partial charge in [-0.25, -0.2) is 13.6 Å². The largest absolute Gasteiger partial charge is 0.239 e. The Morgan fingerprint density at radius 2 is 1.77 bits per heavy atom. The molecule has 0 aromatic heterocycles. The van der Waals surface area contributed by atoms with Gasteiger partial charge in [0.2, 0.25) is 10.0 Å². The zero-order valence-corrected chi connectivity index (χ0v) is 10.8. The van der Waals surface area contributed by atoms with E-state index in [9.17, 15) is 8.42 Å². The van der Waals surface area contributed by atoms with E-state index >= 15 is 0 Å². The zero-order chi connectivity index (χ0) is 10.2. The fourth-order valence-electron chi connectivity index (χ4n) is 0.722. The van der Waals surface area contributed by atoms with E-state index in [1.165, 1.54) is 12.1 Å². The van der Waals surface area contributed by atoms with E-state index in [1.54, 1.807) is 0 Å². The molecule has 0 atom stereocenters. The van der Waals surface area contributed by atoms with Gasteiger partial charge in [0.05, 0.1) is 9.92 Å². The van der Waals surface area contributed by atoms with Gasteiger partial charge >= 0.3 is 0 Å². The highest BCUT2D eigenvalue weighted by Crippen LogP contribution is 2.31. The predicted molar refractivity (Wildman–Crippen MR) is 58.2 cm³/mol. The molecule has 0 saturated carbocycles. The first-order chi connectivity index (χ1) is 5.82. The molecular formula is C6H4Br2ClNO2S. The Morgan fingerprint density at radius 3 is 2.23 bits per heavy atom. The molecule has 3 nitrogen and oxygen atoms in total. The normalized spacial score (nSPS) is 11.7. The van der Waals surface area contributed by atoms with Crippen molar-refractivity contribution in [1.82, 2.24) is 0 Å². The summed E-state index contributed by atoms with van der Waals surface area (Å²) in [5, 5.41) is 5.24. The van der Waals surface area contributed by atoms with Gasteiger partial charge in [0.15, 0.2) is 0 Å². The Labute approximate surface area is 97.6 Å². The summed E-state index contributed by atoms with van der Waals surface area (Å²) in [7, 11) is -3.72. The highest BCUT2D eigenvalue weighted by molar-refractivity contribution is 9.11. The van der Waals surface area contributed by atoms with Crippen LogP contribution >= 0.6 is 43.5 Å². The Kier molecular flexibility index (Phi) is 3.40. The van der Waals surface area contributed by atoms with Crippen LogP contribution in [0.1, 0.15) is 0 Å². The lowest BCUT2D eigenvalue weighted by atomic mass is 10.4. The lowest BCUT2D eigenvalue weighted by Crippen LogP contribution is -2.12. The molecule has 0 saturated heterocycles. The smallest absolute Gasteiger partial charge is 0.225 e. The quantitative estimate of drug-likeness (QED) is 0.792. The van der Waals surface area contributed by atoms with E-state index in [1.807, 2.05) is 0 Å². The average molecular weight is 349 g/mol. The number of hydrogen-bond acceptors (Lipinski definition) is 2. The molecule has 72 valence electrons. The molecule has 0 radical (unpaired) electrons. The van der Waals surface area contributed by atoms with E-state index < -0.39 is 10.0 Å². The van der Waals surface area contributed by atoms with Gasteiger partial charge < -0.3 is 0 Å². The van der Waals surface area contributed by atoms with Crippen LogP contribution in [0.4, 0.5) is 0 Å². The highest BCUT2D eigenvalue weighted by Gasteiger charge is 2.14. The van der Waals surface area contributed by atoms with Crippen molar-refractivity contribution >= 4 is 53.5 Å². The summed E-state index contributed by atoms with van der Waals surface area (Å²) in [4.78, 5) is -0.0271. The van der Waals surface area contributed by atoms with E-state index in [2.05, 4.69) is 31.9 Å². The van der Waals surface area contributed by atoms with Gasteiger partial charge in [0, 0.05) is 8.95 Å². The zero-order valence-electron chi connectivity index (χ0n) is 6.09. The molecule has 2 N–H and O–H groups in total. The van der Waals surface area contributed by atoms with Gasteiger partial charge in [0.1, 0.15) is 0 Å². The van der Waals surface area contributed by atoms with Crippen molar-refractivity contribution < 1.29 is 8.42 Å². The minimum atomic E-state index is -3.72. The van der Waals surface area contributed by atoms with Crippen LogP contribution in [0, 0.1) is 0 Å². The fraction of sp³-hybridized carbons (Fsp3) is 0. The summed E-state index contributed by atoms with van der Waals surface area (Å²) >= 11 is 11.9. The third-order valence-electron chi connectivity index (χ3n) is 1.28. The molecule has 0 unspecified atom stereocenters. The highest BCUT2D eigenvalue weighted by atomic mass is 79.9. The summed E-state index contributed by atoms with van der Waals surface area (Å²) < 4.78 is 23.0. The molecule has 0 aliphatic heterocycles. The van der Waals surface area contributed by atoms with Gasteiger partial charge in [-0.05, 0) is 44.0 Å². The molecule has 0 fully saturated rings. The van der Waals surface area contributed by atoms with Crippen molar-refractivity contribution in [3.05, 3.63) is 26.1 Å². The molecule has 13 heavy (non-hydrogen) atoms. The van der Waals surface area contributed by atoms with Crippen LogP contribution in [0.15, 0.2) is 26.0 Å². The van der Waals surface area contributed by atoms with E-state index in [-0.39, 0.29) is 4.90 Å². The van der Waals surface area contributed by atoms with Crippen molar-refractivity contribution in [2.45, 2.75) is 4.90 Å². The Morgan fingerprint density at radius 1 is 1.23 bits per heavy atom. The van der Waals surface area contributed by atoms with Crippen LogP contribution in [0.5, 0.6) is 0 Å². The number of hydrogen-bond donors (Lipinski definition) is 1. The van der Waals surface area contributed by atoms with Crippen LogP contribution < -0.4 is 5.14 Å². The maximum absolute atomic E-state index is 11.0.